The second kappa shape index (κ2) is 1.94. The van der Waals surface area contributed by atoms with Gasteiger partial charge in [-0.2, -0.15) is 0 Å². The lowest BCUT2D eigenvalue weighted by molar-refractivity contribution is 0.594. The van der Waals surface area contributed by atoms with Gasteiger partial charge in [0, 0.05) is 13.1 Å². The van der Waals surface area contributed by atoms with Crippen LogP contribution in [0.2, 0.25) is 0 Å². The molecule has 1 nitrogen and oxygen atoms in total. The highest BCUT2D eigenvalue weighted by molar-refractivity contribution is 7.13. The van der Waals surface area contributed by atoms with E-state index in [4.69, 9.17) is 0 Å². The number of rotatable bonds is 0. The lowest BCUT2D eigenvalue weighted by Crippen LogP contribution is -2.01. The van der Waals surface area contributed by atoms with Crippen molar-refractivity contribution in [3.63, 3.8) is 0 Å². The van der Waals surface area contributed by atoms with Crippen LogP contribution in [0.3, 0.4) is 0 Å². The summed E-state index contributed by atoms with van der Waals surface area (Å²) in [4.78, 5) is 0. The van der Waals surface area contributed by atoms with Crippen molar-refractivity contribution in [1.29, 1.82) is 0 Å². The van der Waals surface area contributed by atoms with E-state index in [1.165, 1.54) is 18.5 Å². The molecule has 0 N–H and O–H groups in total. The second-order valence-corrected chi connectivity index (χ2v) is 2.70. The Kier molecular flexibility index (Phi) is 1.46. The molecule has 0 radical (unpaired) electrons. The molecule has 0 aliphatic carbocycles. The van der Waals surface area contributed by atoms with Crippen LogP contribution in [0, 0.1) is 0 Å². The van der Waals surface area contributed by atoms with Crippen LogP contribution in [0.25, 0.3) is 0 Å². The van der Waals surface area contributed by atoms with E-state index in [2.05, 4.69) is 20.6 Å². The Bertz CT molecular complexity index is 90.1. The van der Waals surface area contributed by atoms with Crippen LogP contribution in [0.4, 0.5) is 0 Å². The molecular formula is C5H10NP. The number of nitrogens with zero attached hydrogens (tertiary/aromatic N) is 1. The van der Waals surface area contributed by atoms with Crippen LogP contribution in [-0.2, 0) is 0 Å². The van der Waals surface area contributed by atoms with Crippen LogP contribution in [0.5, 0.6) is 0 Å². The molecule has 1 heterocycles. The van der Waals surface area contributed by atoms with Crippen molar-refractivity contribution in [2.24, 2.45) is 0 Å². The van der Waals surface area contributed by atoms with E-state index in [9.17, 15) is 0 Å². The molecule has 7 heavy (non-hydrogen) atoms. The van der Waals surface area contributed by atoms with Gasteiger partial charge in [-0.15, -0.1) is 0 Å². The van der Waals surface area contributed by atoms with Gasteiger partial charge in [0.1, 0.15) is 0 Å². The smallest absolute Gasteiger partial charge is 0.0224 e. The predicted octanol–water partition coefficient (Wildman–Crippen LogP) is 1.04. The fraction of sp³-hybridized carbons (Fsp3) is 0.600. The van der Waals surface area contributed by atoms with Gasteiger partial charge in [-0.05, 0) is 6.42 Å². The van der Waals surface area contributed by atoms with Gasteiger partial charge in [0.05, 0.1) is 0 Å². The van der Waals surface area contributed by atoms with E-state index < -0.39 is 0 Å². The first-order valence-corrected chi connectivity index (χ1v) is 2.97. The Labute approximate surface area is 46.6 Å². The average Bonchev–Trinajstić information content (AvgIpc) is 1.87. The molecule has 1 fully saturated rings. The van der Waals surface area contributed by atoms with E-state index in [1.54, 1.807) is 0 Å². The summed E-state index contributed by atoms with van der Waals surface area (Å²) >= 11 is 0. The van der Waals surface area contributed by atoms with Gasteiger partial charge in [0.15, 0.2) is 0 Å². The Morgan fingerprint density at radius 2 is 2.43 bits per heavy atom. The Morgan fingerprint density at radius 3 is 2.57 bits per heavy atom. The summed E-state index contributed by atoms with van der Waals surface area (Å²) < 4.78 is 2.20. The summed E-state index contributed by atoms with van der Waals surface area (Å²) in [5.74, 6) is 0. The van der Waals surface area contributed by atoms with E-state index in [1.807, 2.05) is 0 Å². The molecule has 1 saturated heterocycles. The molecule has 0 aromatic carbocycles. The minimum atomic E-state index is 1.07. The van der Waals surface area contributed by atoms with Gasteiger partial charge >= 0.3 is 0 Å². The van der Waals surface area contributed by atoms with Crippen molar-refractivity contribution in [2.75, 3.05) is 13.1 Å². The molecule has 1 aliphatic rings. The molecule has 1 atom stereocenters. The normalized spacial score (nSPS) is 23.9. The Hall–Kier alpha value is 0.130. The topological polar surface area (TPSA) is 3.24 Å². The van der Waals surface area contributed by atoms with Crippen molar-refractivity contribution in [3.05, 3.63) is 12.2 Å². The Balaban J connectivity index is 2.40. The molecule has 0 saturated carbocycles. The largest absolute Gasteiger partial charge is 0.283 e. The van der Waals surface area contributed by atoms with Crippen molar-refractivity contribution < 1.29 is 0 Å². The minimum Gasteiger partial charge on any atom is -0.283 e. The van der Waals surface area contributed by atoms with Crippen molar-refractivity contribution in [1.82, 2.24) is 4.67 Å². The number of hydrogen-bond donors (Lipinski definition) is 0. The van der Waals surface area contributed by atoms with Gasteiger partial charge in [-0.1, -0.05) is 21.5 Å². The molecule has 1 unspecified atom stereocenters. The fourth-order valence-corrected chi connectivity index (χ4v) is 1.13. The maximum atomic E-state index is 3.85. The highest BCUT2D eigenvalue weighted by Crippen LogP contribution is 2.15. The molecule has 1 aliphatic heterocycles. The third-order valence-electron chi connectivity index (χ3n) is 1.18. The van der Waals surface area contributed by atoms with E-state index in [-0.39, 0.29) is 0 Å². The van der Waals surface area contributed by atoms with Crippen LogP contribution in [-0.4, -0.2) is 17.8 Å². The van der Waals surface area contributed by atoms with E-state index in [0.717, 1.165) is 6.54 Å². The quantitative estimate of drug-likeness (QED) is 0.337. The molecular weight excluding hydrogens is 105 g/mol. The SMILES string of the molecule is C=C1CCN(P)C1. The van der Waals surface area contributed by atoms with Crippen LogP contribution in [0.15, 0.2) is 12.2 Å². The van der Waals surface area contributed by atoms with Crippen molar-refractivity contribution >= 4 is 9.39 Å². The second-order valence-electron chi connectivity index (χ2n) is 1.97. The summed E-state index contributed by atoms with van der Waals surface area (Å²) in [6.45, 7) is 6.09. The first kappa shape index (κ1) is 5.27. The van der Waals surface area contributed by atoms with Crippen LogP contribution >= 0.6 is 9.39 Å². The van der Waals surface area contributed by atoms with E-state index in [0.29, 0.717) is 0 Å². The standard InChI is InChI=1S/C5H10NP/c1-5-2-3-6(7)4-5/h1-4,7H2. The highest BCUT2D eigenvalue weighted by Gasteiger charge is 2.08. The molecule has 0 amide bonds. The van der Waals surface area contributed by atoms with Crippen molar-refractivity contribution in [2.45, 2.75) is 6.42 Å². The van der Waals surface area contributed by atoms with Gasteiger partial charge in [-0.25, -0.2) is 0 Å². The summed E-state index contributed by atoms with van der Waals surface area (Å²) in [6.07, 6.45) is 1.18. The summed E-state index contributed by atoms with van der Waals surface area (Å²) in [5.41, 5.74) is 1.36. The highest BCUT2D eigenvalue weighted by atomic mass is 31.0. The zero-order chi connectivity index (χ0) is 5.28. The van der Waals surface area contributed by atoms with Gasteiger partial charge in [0.25, 0.3) is 0 Å². The zero-order valence-electron chi connectivity index (χ0n) is 4.35. The third-order valence-corrected chi connectivity index (χ3v) is 1.62. The average molecular weight is 115 g/mol. The predicted molar refractivity (Wildman–Crippen MR) is 35.0 cm³/mol. The molecule has 0 bridgehead atoms. The first-order chi connectivity index (χ1) is 3.29. The minimum absolute atomic E-state index is 1.07. The first-order valence-electron chi connectivity index (χ1n) is 2.45. The summed E-state index contributed by atoms with van der Waals surface area (Å²) in [6, 6.07) is 0. The third kappa shape index (κ3) is 1.25. The van der Waals surface area contributed by atoms with Gasteiger partial charge in [-0.3, -0.25) is 4.67 Å². The maximum Gasteiger partial charge on any atom is 0.0224 e. The fourth-order valence-electron chi connectivity index (χ4n) is 0.747. The summed E-state index contributed by atoms with van der Waals surface area (Å²) in [5, 5.41) is 0. The number of hydrogen-bond acceptors (Lipinski definition) is 1. The van der Waals surface area contributed by atoms with Gasteiger partial charge in [0.2, 0.25) is 0 Å². The van der Waals surface area contributed by atoms with Gasteiger partial charge < -0.3 is 0 Å². The molecule has 0 spiro atoms. The zero-order valence-corrected chi connectivity index (χ0v) is 5.51. The van der Waals surface area contributed by atoms with Crippen LogP contribution < -0.4 is 0 Å². The van der Waals surface area contributed by atoms with Crippen LogP contribution in [0.1, 0.15) is 6.42 Å². The Morgan fingerprint density at radius 1 is 1.71 bits per heavy atom. The molecule has 0 aromatic heterocycles. The summed E-state index contributed by atoms with van der Waals surface area (Å²) in [7, 11) is 2.67. The molecule has 1 rings (SSSR count). The van der Waals surface area contributed by atoms with Crippen molar-refractivity contribution in [3.8, 4) is 0 Å². The molecule has 0 aromatic rings. The molecule has 40 valence electrons. The lowest BCUT2D eigenvalue weighted by Gasteiger charge is -2.00. The van der Waals surface area contributed by atoms with E-state index >= 15 is 0 Å². The maximum absolute atomic E-state index is 3.85. The molecule has 2 heteroatoms. The lowest BCUT2D eigenvalue weighted by atomic mass is 10.3. The monoisotopic (exact) mass is 115 g/mol.